The van der Waals surface area contributed by atoms with E-state index in [-0.39, 0.29) is 23.6 Å². The SMILES string of the molecule is CCOC1CC(NC(=O)N2CCC(C(=O)O)C2)C1(C)C. The molecule has 3 atom stereocenters. The average Bonchev–Trinajstić information content (AvgIpc) is 2.87. The van der Waals surface area contributed by atoms with Crippen molar-refractivity contribution in [1.82, 2.24) is 10.2 Å². The molecule has 0 aromatic carbocycles. The number of rotatable bonds is 4. The molecule has 2 amide bonds. The molecule has 114 valence electrons. The molecule has 6 heteroatoms. The second-order valence-electron chi connectivity index (χ2n) is 6.27. The predicted molar refractivity (Wildman–Crippen MR) is 73.4 cm³/mol. The molecule has 0 aromatic heterocycles. The number of nitrogens with zero attached hydrogens (tertiary/aromatic N) is 1. The van der Waals surface area contributed by atoms with E-state index in [2.05, 4.69) is 19.2 Å². The number of aliphatic carboxylic acids is 1. The molecule has 1 saturated carbocycles. The van der Waals surface area contributed by atoms with E-state index in [4.69, 9.17) is 9.84 Å². The zero-order valence-electron chi connectivity index (χ0n) is 12.4. The number of hydrogen-bond acceptors (Lipinski definition) is 3. The van der Waals surface area contributed by atoms with Crippen LogP contribution in [0.25, 0.3) is 0 Å². The van der Waals surface area contributed by atoms with Gasteiger partial charge in [-0.05, 0) is 19.8 Å². The molecule has 0 spiro atoms. The van der Waals surface area contributed by atoms with Gasteiger partial charge in [0.1, 0.15) is 0 Å². The molecule has 0 aromatic rings. The molecular formula is C14H24N2O4. The lowest BCUT2D eigenvalue weighted by Crippen LogP contribution is -2.63. The second-order valence-corrected chi connectivity index (χ2v) is 6.27. The van der Waals surface area contributed by atoms with E-state index in [1.807, 2.05) is 6.92 Å². The van der Waals surface area contributed by atoms with Gasteiger partial charge in [-0.25, -0.2) is 4.79 Å². The molecule has 2 N–H and O–H groups in total. The van der Waals surface area contributed by atoms with Crippen LogP contribution in [0.5, 0.6) is 0 Å². The van der Waals surface area contributed by atoms with Crippen LogP contribution in [0.15, 0.2) is 0 Å². The van der Waals surface area contributed by atoms with E-state index < -0.39 is 11.9 Å². The van der Waals surface area contributed by atoms with Crippen molar-refractivity contribution in [2.75, 3.05) is 19.7 Å². The minimum Gasteiger partial charge on any atom is -0.481 e. The van der Waals surface area contributed by atoms with Crippen molar-refractivity contribution < 1.29 is 19.4 Å². The number of likely N-dealkylation sites (tertiary alicyclic amines) is 1. The lowest BCUT2D eigenvalue weighted by Gasteiger charge is -2.51. The minimum absolute atomic E-state index is 0.0718. The molecule has 2 rings (SSSR count). The Morgan fingerprint density at radius 2 is 2.15 bits per heavy atom. The molecular weight excluding hydrogens is 260 g/mol. The molecule has 1 aliphatic heterocycles. The highest BCUT2D eigenvalue weighted by molar-refractivity contribution is 5.77. The smallest absolute Gasteiger partial charge is 0.317 e. The van der Waals surface area contributed by atoms with Crippen LogP contribution in [-0.2, 0) is 9.53 Å². The second kappa shape index (κ2) is 5.60. The number of carboxylic acid groups (broad SMARTS) is 1. The highest BCUT2D eigenvalue weighted by Gasteiger charge is 2.50. The zero-order chi connectivity index (χ0) is 14.9. The van der Waals surface area contributed by atoms with E-state index in [9.17, 15) is 9.59 Å². The third-order valence-electron chi connectivity index (χ3n) is 4.67. The van der Waals surface area contributed by atoms with Crippen molar-refractivity contribution in [2.24, 2.45) is 11.3 Å². The summed E-state index contributed by atoms with van der Waals surface area (Å²) < 4.78 is 5.64. The lowest BCUT2D eigenvalue weighted by atomic mass is 9.64. The number of hydrogen-bond donors (Lipinski definition) is 2. The lowest BCUT2D eigenvalue weighted by molar-refractivity contribution is -0.141. The van der Waals surface area contributed by atoms with E-state index in [1.165, 1.54) is 0 Å². The molecule has 1 aliphatic carbocycles. The van der Waals surface area contributed by atoms with Gasteiger partial charge in [-0.15, -0.1) is 0 Å². The Morgan fingerprint density at radius 3 is 2.65 bits per heavy atom. The third-order valence-corrected chi connectivity index (χ3v) is 4.67. The van der Waals surface area contributed by atoms with Crippen LogP contribution in [0, 0.1) is 11.3 Å². The summed E-state index contributed by atoms with van der Waals surface area (Å²) in [7, 11) is 0. The van der Waals surface area contributed by atoms with Crippen LogP contribution in [0.3, 0.4) is 0 Å². The van der Waals surface area contributed by atoms with Crippen LogP contribution in [0.4, 0.5) is 4.79 Å². The maximum absolute atomic E-state index is 12.2. The summed E-state index contributed by atoms with van der Waals surface area (Å²) in [4.78, 5) is 24.7. The molecule has 20 heavy (non-hydrogen) atoms. The normalized spacial score (nSPS) is 31.8. The van der Waals surface area contributed by atoms with Crippen molar-refractivity contribution in [1.29, 1.82) is 0 Å². The number of carbonyl (C=O) groups is 2. The molecule has 0 radical (unpaired) electrons. The Kier molecular flexibility index (Phi) is 4.22. The largest absolute Gasteiger partial charge is 0.481 e. The summed E-state index contributed by atoms with van der Waals surface area (Å²) in [6, 6.07) is -0.0581. The minimum atomic E-state index is -0.819. The summed E-state index contributed by atoms with van der Waals surface area (Å²) in [6.07, 6.45) is 1.55. The number of carboxylic acids is 1. The number of urea groups is 1. The van der Waals surface area contributed by atoms with E-state index in [0.717, 1.165) is 6.42 Å². The first-order chi connectivity index (χ1) is 9.36. The molecule has 0 bridgehead atoms. The average molecular weight is 284 g/mol. The van der Waals surface area contributed by atoms with Gasteiger partial charge in [-0.3, -0.25) is 4.79 Å². The van der Waals surface area contributed by atoms with E-state index >= 15 is 0 Å². The summed E-state index contributed by atoms with van der Waals surface area (Å²) in [5.41, 5.74) is -0.0718. The fourth-order valence-electron chi connectivity index (χ4n) is 3.00. The van der Waals surface area contributed by atoms with Crippen LogP contribution < -0.4 is 5.32 Å². The molecule has 2 aliphatic rings. The highest BCUT2D eigenvalue weighted by atomic mass is 16.5. The van der Waals surface area contributed by atoms with Gasteiger partial charge in [0.2, 0.25) is 0 Å². The fraction of sp³-hybridized carbons (Fsp3) is 0.857. The van der Waals surface area contributed by atoms with E-state index in [1.54, 1.807) is 4.90 Å². The Labute approximate surface area is 119 Å². The first-order valence-electron chi connectivity index (χ1n) is 7.26. The zero-order valence-corrected chi connectivity index (χ0v) is 12.4. The number of amides is 2. The summed E-state index contributed by atoms with van der Waals surface area (Å²) in [5.74, 6) is -1.24. The van der Waals surface area contributed by atoms with Crippen LogP contribution in [-0.4, -0.2) is 53.8 Å². The maximum Gasteiger partial charge on any atom is 0.317 e. The van der Waals surface area contributed by atoms with Crippen LogP contribution in [0.2, 0.25) is 0 Å². The fourth-order valence-corrected chi connectivity index (χ4v) is 3.00. The predicted octanol–water partition coefficient (Wildman–Crippen LogP) is 1.31. The van der Waals surface area contributed by atoms with Gasteiger partial charge < -0.3 is 20.1 Å². The van der Waals surface area contributed by atoms with Crippen molar-refractivity contribution >= 4 is 12.0 Å². The van der Waals surface area contributed by atoms with Gasteiger partial charge in [0.05, 0.1) is 12.0 Å². The topological polar surface area (TPSA) is 78.9 Å². The number of nitrogens with one attached hydrogen (secondary N) is 1. The molecule has 2 fully saturated rings. The first kappa shape index (κ1) is 15.1. The van der Waals surface area contributed by atoms with Gasteiger partial charge in [0.15, 0.2) is 0 Å². The van der Waals surface area contributed by atoms with E-state index in [0.29, 0.717) is 26.1 Å². The third kappa shape index (κ3) is 2.75. The number of carbonyl (C=O) groups excluding carboxylic acids is 1. The first-order valence-corrected chi connectivity index (χ1v) is 7.26. The van der Waals surface area contributed by atoms with Crippen molar-refractivity contribution in [3.8, 4) is 0 Å². The number of ether oxygens (including phenoxy) is 1. The Bertz CT molecular complexity index is 397. The molecule has 3 unspecified atom stereocenters. The molecule has 1 saturated heterocycles. The maximum atomic E-state index is 12.2. The van der Waals surface area contributed by atoms with Gasteiger partial charge >= 0.3 is 12.0 Å². The summed E-state index contributed by atoms with van der Waals surface area (Å²) >= 11 is 0. The molecule has 6 nitrogen and oxygen atoms in total. The van der Waals surface area contributed by atoms with Crippen molar-refractivity contribution in [2.45, 2.75) is 45.8 Å². The standard InChI is InChI=1S/C14H24N2O4/c1-4-20-11-7-10(14(11,2)3)15-13(19)16-6-5-9(8-16)12(17)18/h9-11H,4-8H2,1-3H3,(H,15,19)(H,17,18). The van der Waals surface area contributed by atoms with Gasteiger partial charge in [0.25, 0.3) is 0 Å². The van der Waals surface area contributed by atoms with Gasteiger partial charge in [0, 0.05) is 31.2 Å². The molecule has 1 heterocycles. The van der Waals surface area contributed by atoms with Crippen LogP contribution >= 0.6 is 0 Å². The Morgan fingerprint density at radius 1 is 1.45 bits per heavy atom. The van der Waals surface area contributed by atoms with Crippen molar-refractivity contribution in [3.63, 3.8) is 0 Å². The van der Waals surface area contributed by atoms with Gasteiger partial charge in [-0.2, -0.15) is 0 Å². The van der Waals surface area contributed by atoms with Gasteiger partial charge in [-0.1, -0.05) is 13.8 Å². The monoisotopic (exact) mass is 284 g/mol. The summed E-state index contributed by atoms with van der Waals surface area (Å²) in [6.45, 7) is 7.66. The van der Waals surface area contributed by atoms with Crippen LogP contribution in [0.1, 0.15) is 33.6 Å². The van der Waals surface area contributed by atoms with Crippen molar-refractivity contribution in [3.05, 3.63) is 0 Å². The Balaban J connectivity index is 1.83. The highest BCUT2D eigenvalue weighted by Crippen LogP contribution is 2.42. The Hall–Kier alpha value is -1.30. The summed E-state index contributed by atoms with van der Waals surface area (Å²) in [5, 5.41) is 12.0. The quantitative estimate of drug-likeness (QED) is 0.815.